The minimum Gasteiger partial charge on any atom is -0.466 e. The zero-order valence-corrected chi connectivity index (χ0v) is 12.2. The molecule has 6 heteroatoms. The second-order valence-corrected chi connectivity index (χ2v) is 5.77. The van der Waals surface area contributed by atoms with Gasteiger partial charge in [0, 0.05) is 13.1 Å². The molecule has 0 radical (unpaired) electrons. The third kappa shape index (κ3) is 2.47. The van der Waals surface area contributed by atoms with E-state index in [2.05, 4.69) is 14.9 Å². The Morgan fingerprint density at radius 3 is 3.30 bits per heavy atom. The number of fused-ring (bicyclic) bond motifs is 1. The Balaban J connectivity index is 1.83. The Morgan fingerprint density at radius 1 is 1.55 bits per heavy atom. The number of ether oxygens (including phenoxy) is 1. The lowest BCUT2D eigenvalue weighted by molar-refractivity contribution is -0.148. The number of aromatic nitrogens is 2. The predicted octanol–water partition coefficient (Wildman–Crippen LogP) is 2.47. The van der Waals surface area contributed by atoms with Crippen LogP contribution >= 0.6 is 11.3 Å². The molecule has 0 unspecified atom stereocenters. The highest BCUT2D eigenvalue weighted by atomic mass is 32.1. The average Bonchev–Trinajstić information content (AvgIpc) is 2.96. The van der Waals surface area contributed by atoms with Crippen LogP contribution in [0.4, 0.5) is 5.82 Å². The topological polar surface area (TPSA) is 55.3 Å². The minimum absolute atomic E-state index is 0.0487. The molecule has 106 valence electrons. The van der Waals surface area contributed by atoms with Gasteiger partial charge in [0.15, 0.2) is 0 Å². The number of hydrogen-bond acceptors (Lipinski definition) is 6. The number of rotatable bonds is 3. The van der Waals surface area contributed by atoms with Crippen molar-refractivity contribution in [2.24, 2.45) is 5.92 Å². The Hall–Kier alpha value is -1.69. The van der Waals surface area contributed by atoms with Crippen molar-refractivity contribution in [1.29, 1.82) is 0 Å². The highest BCUT2D eigenvalue weighted by Gasteiger charge is 2.28. The van der Waals surface area contributed by atoms with Crippen molar-refractivity contribution in [2.45, 2.75) is 19.8 Å². The molecule has 2 aromatic heterocycles. The van der Waals surface area contributed by atoms with E-state index in [4.69, 9.17) is 4.74 Å². The van der Waals surface area contributed by atoms with Crippen LogP contribution in [0.2, 0.25) is 0 Å². The standard InChI is InChI=1S/C14H17N3O2S/c1-2-19-14(18)10-4-3-6-17(8-10)12-11-5-7-20-13(11)16-9-15-12/h5,7,9-10H,2-4,6,8H2,1H3/t10-/m1/s1. The summed E-state index contributed by atoms with van der Waals surface area (Å²) in [5.41, 5.74) is 0. The number of carbonyl (C=O) groups is 1. The molecule has 1 aliphatic heterocycles. The third-order valence-electron chi connectivity index (χ3n) is 3.58. The quantitative estimate of drug-likeness (QED) is 0.813. The zero-order chi connectivity index (χ0) is 13.9. The summed E-state index contributed by atoms with van der Waals surface area (Å²) in [7, 11) is 0. The van der Waals surface area contributed by atoms with Crippen molar-refractivity contribution in [2.75, 3.05) is 24.6 Å². The Bertz CT molecular complexity index is 613. The van der Waals surface area contributed by atoms with Gasteiger partial charge in [0.1, 0.15) is 17.0 Å². The molecule has 2 aromatic rings. The maximum Gasteiger partial charge on any atom is 0.310 e. The first-order chi connectivity index (χ1) is 9.79. The van der Waals surface area contributed by atoms with Gasteiger partial charge in [0.2, 0.25) is 0 Å². The number of esters is 1. The molecule has 0 saturated carbocycles. The molecular formula is C14H17N3O2S. The fourth-order valence-electron chi connectivity index (χ4n) is 2.65. The van der Waals surface area contributed by atoms with Crippen molar-refractivity contribution in [3.05, 3.63) is 17.8 Å². The van der Waals surface area contributed by atoms with Gasteiger partial charge < -0.3 is 9.64 Å². The van der Waals surface area contributed by atoms with Gasteiger partial charge in [-0.2, -0.15) is 0 Å². The lowest BCUT2D eigenvalue weighted by Crippen LogP contribution is -2.39. The van der Waals surface area contributed by atoms with Crippen LogP contribution in [0, 0.1) is 5.92 Å². The molecular weight excluding hydrogens is 274 g/mol. The van der Waals surface area contributed by atoms with Gasteiger partial charge in [-0.3, -0.25) is 4.79 Å². The van der Waals surface area contributed by atoms with Gasteiger partial charge in [-0.15, -0.1) is 11.3 Å². The van der Waals surface area contributed by atoms with Crippen molar-refractivity contribution in [1.82, 2.24) is 9.97 Å². The van der Waals surface area contributed by atoms with E-state index in [0.29, 0.717) is 13.2 Å². The van der Waals surface area contributed by atoms with E-state index in [-0.39, 0.29) is 11.9 Å². The summed E-state index contributed by atoms with van der Waals surface area (Å²) in [6.07, 6.45) is 3.48. The SMILES string of the molecule is CCOC(=O)[C@@H]1CCCN(c2ncnc3sccc23)C1. The van der Waals surface area contributed by atoms with Gasteiger partial charge in [-0.05, 0) is 31.2 Å². The van der Waals surface area contributed by atoms with E-state index in [0.717, 1.165) is 35.4 Å². The first kappa shape index (κ1) is 13.3. The Morgan fingerprint density at radius 2 is 2.45 bits per heavy atom. The predicted molar refractivity (Wildman–Crippen MR) is 79.0 cm³/mol. The highest BCUT2D eigenvalue weighted by Crippen LogP contribution is 2.30. The maximum atomic E-state index is 11.9. The smallest absolute Gasteiger partial charge is 0.310 e. The summed E-state index contributed by atoms with van der Waals surface area (Å²) in [6, 6.07) is 2.04. The van der Waals surface area contributed by atoms with E-state index in [9.17, 15) is 4.79 Å². The molecule has 1 saturated heterocycles. The minimum atomic E-state index is -0.0900. The van der Waals surface area contributed by atoms with Crippen LogP contribution in [0.3, 0.4) is 0 Å². The molecule has 0 amide bonds. The number of anilines is 1. The molecule has 0 N–H and O–H groups in total. The van der Waals surface area contributed by atoms with Gasteiger partial charge in [0.05, 0.1) is 17.9 Å². The second-order valence-electron chi connectivity index (χ2n) is 4.87. The van der Waals surface area contributed by atoms with Crippen molar-refractivity contribution in [3.8, 4) is 0 Å². The van der Waals surface area contributed by atoms with Crippen LogP contribution in [0.5, 0.6) is 0 Å². The molecule has 0 spiro atoms. The van der Waals surface area contributed by atoms with Crippen LogP contribution in [0.15, 0.2) is 17.8 Å². The number of carbonyl (C=O) groups excluding carboxylic acids is 1. The molecule has 5 nitrogen and oxygen atoms in total. The first-order valence-corrected chi connectivity index (χ1v) is 7.77. The normalized spacial score (nSPS) is 19.2. The van der Waals surface area contributed by atoms with E-state index >= 15 is 0 Å². The molecule has 0 bridgehead atoms. The monoisotopic (exact) mass is 291 g/mol. The summed E-state index contributed by atoms with van der Waals surface area (Å²) >= 11 is 1.61. The van der Waals surface area contributed by atoms with Crippen LogP contribution in [0.1, 0.15) is 19.8 Å². The van der Waals surface area contributed by atoms with Gasteiger partial charge in [-0.1, -0.05) is 0 Å². The van der Waals surface area contributed by atoms with E-state index in [1.807, 2.05) is 18.4 Å². The number of hydrogen-bond donors (Lipinski definition) is 0. The molecule has 20 heavy (non-hydrogen) atoms. The molecule has 0 aliphatic carbocycles. The summed E-state index contributed by atoms with van der Waals surface area (Å²) in [4.78, 5) is 23.8. The van der Waals surface area contributed by atoms with E-state index in [1.165, 1.54) is 0 Å². The van der Waals surface area contributed by atoms with Crippen LogP contribution in [-0.4, -0.2) is 35.6 Å². The maximum absolute atomic E-state index is 11.9. The fourth-order valence-corrected chi connectivity index (χ4v) is 3.38. The van der Waals surface area contributed by atoms with Crippen LogP contribution in [-0.2, 0) is 9.53 Å². The molecule has 3 heterocycles. The zero-order valence-electron chi connectivity index (χ0n) is 11.4. The lowest BCUT2D eigenvalue weighted by Gasteiger charge is -2.32. The summed E-state index contributed by atoms with van der Waals surface area (Å²) in [6.45, 7) is 3.90. The number of nitrogens with zero attached hydrogens (tertiary/aromatic N) is 3. The van der Waals surface area contributed by atoms with Crippen molar-refractivity contribution < 1.29 is 9.53 Å². The van der Waals surface area contributed by atoms with E-state index < -0.39 is 0 Å². The summed E-state index contributed by atoms with van der Waals surface area (Å²) in [5, 5.41) is 3.09. The molecule has 0 aromatic carbocycles. The van der Waals surface area contributed by atoms with Crippen LogP contribution in [0.25, 0.3) is 10.2 Å². The number of thiophene rings is 1. The average molecular weight is 291 g/mol. The van der Waals surface area contributed by atoms with E-state index in [1.54, 1.807) is 17.7 Å². The van der Waals surface area contributed by atoms with Crippen LogP contribution < -0.4 is 4.90 Å². The van der Waals surface area contributed by atoms with Crippen molar-refractivity contribution >= 4 is 33.3 Å². The summed E-state index contributed by atoms with van der Waals surface area (Å²) < 4.78 is 5.14. The third-order valence-corrected chi connectivity index (χ3v) is 4.40. The van der Waals surface area contributed by atoms with Gasteiger partial charge >= 0.3 is 5.97 Å². The fraction of sp³-hybridized carbons (Fsp3) is 0.500. The number of piperidine rings is 1. The van der Waals surface area contributed by atoms with Gasteiger partial charge in [0.25, 0.3) is 0 Å². The Kier molecular flexibility index (Phi) is 3.82. The highest BCUT2D eigenvalue weighted by molar-refractivity contribution is 7.16. The molecule has 3 rings (SSSR count). The first-order valence-electron chi connectivity index (χ1n) is 6.89. The molecule has 1 fully saturated rings. The largest absolute Gasteiger partial charge is 0.466 e. The van der Waals surface area contributed by atoms with Gasteiger partial charge in [-0.25, -0.2) is 9.97 Å². The molecule has 1 atom stereocenters. The molecule has 1 aliphatic rings. The lowest BCUT2D eigenvalue weighted by atomic mass is 9.98. The summed E-state index contributed by atoms with van der Waals surface area (Å²) in [5.74, 6) is 0.797. The van der Waals surface area contributed by atoms with Crippen molar-refractivity contribution in [3.63, 3.8) is 0 Å². The second kappa shape index (κ2) is 5.75. The Labute approximate surface area is 121 Å².